The SMILES string of the molecule is COC(=O)c1ccc(OCC(=O)NC(=O)Nc2ccc(OC)cc2)c(OC)c1. The Balaban J connectivity index is 1.89. The van der Waals surface area contributed by atoms with Gasteiger partial charge in [0.15, 0.2) is 18.1 Å². The molecule has 0 aliphatic heterocycles. The summed E-state index contributed by atoms with van der Waals surface area (Å²) in [6.07, 6.45) is 0. The number of benzene rings is 2. The Bertz CT molecular complexity index is 850. The van der Waals surface area contributed by atoms with Gasteiger partial charge < -0.3 is 24.3 Å². The quantitative estimate of drug-likeness (QED) is 0.700. The van der Waals surface area contributed by atoms with Crippen molar-refractivity contribution in [3.8, 4) is 17.2 Å². The van der Waals surface area contributed by atoms with E-state index in [0.29, 0.717) is 11.4 Å². The normalized spacial score (nSPS) is 9.82. The number of carbonyl (C=O) groups is 3. The zero-order valence-corrected chi connectivity index (χ0v) is 15.6. The van der Waals surface area contributed by atoms with Gasteiger partial charge in [0.25, 0.3) is 5.91 Å². The molecule has 2 N–H and O–H groups in total. The van der Waals surface area contributed by atoms with Crippen LogP contribution in [0.2, 0.25) is 0 Å². The van der Waals surface area contributed by atoms with E-state index < -0.39 is 24.5 Å². The maximum absolute atomic E-state index is 11.9. The molecule has 0 saturated carbocycles. The average molecular weight is 388 g/mol. The number of methoxy groups -OCH3 is 3. The van der Waals surface area contributed by atoms with Gasteiger partial charge >= 0.3 is 12.0 Å². The number of amides is 3. The van der Waals surface area contributed by atoms with Crippen molar-refractivity contribution in [2.45, 2.75) is 0 Å². The molecular formula is C19H20N2O7. The van der Waals surface area contributed by atoms with Crippen LogP contribution in [0.25, 0.3) is 0 Å². The van der Waals surface area contributed by atoms with Gasteiger partial charge in [-0.25, -0.2) is 9.59 Å². The first kappa shape index (κ1) is 20.6. The number of urea groups is 1. The number of carbonyl (C=O) groups excluding carboxylic acids is 3. The first-order chi connectivity index (χ1) is 13.5. The molecule has 0 radical (unpaired) electrons. The molecular weight excluding hydrogens is 368 g/mol. The van der Waals surface area contributed by atoms with Crippen molar-refractivity contribution in [1.29, 1.82) is 0 Å². The van der Waals surface area contributed by atoms with Crippen molar-refractivity contribution in [1.82, 2.24) is 5.32 Å². The van der Waals surface area contributed by atoms with Crippen LogP contribution in [0.3, 0.4) is 0 Å². The summed E-state index contributed by atoms with van der Waals surface area (Å²) in [5.74, 6) is -0.0650. The summed E-state index contributed by atoms with van der Waals surface area (Å²) in [4.78, 5) is 35.3. The van der Waals surface area contributed by atoms with E-state index in [-0.39, 0.29) is 17.1 Å². The zero-order chi connectivity index (χ0) is 20.5. The van der Waals surface area contributed by atoms with Crippen molar-refractivity contribution in [2.24, 2.45) is 0 Å². The molecule has 0 aliphatic carbocycles. The van der Waals surface area contributed by atoms with Crippen LogP contribution in [0.5, 0.6) is 17.2 Å². The van der Waals surface area contributed by atoms with Crippen LogP contribution in [-0.4, -0.2) is 45.8 Å². The van der Waals surface area contributed by atoms with Crippen molar-refractivity contribution >= 4 is 23.6 Å². The minimum absolute atomic E-state index is 0.237. The third-order valence-corrected chi connectivity index (χ3v) is 3.54. The number of imide groups is 1. The van der Waals surface area contributed by atoms with E-state index in [1.807, 2.05) is 0 Å². The second kappa shape index (κ2) is 9.81. The van der Waals surface area contributed by atoms with E-state index in [4.69, 9.17) is 14.2 Å². The fourth-order valence-corrected chi connectivity index (χ4v) is 2.17. The van der Waals surface area contributed by atoms with Crippen LogP contribution < -0.4 is 24.8 Å². The predicted octanol–water partition coefficient (Wildman–Crippen LogP) is 2.22. The van der Waals surface area contributed by atoms with Gasteiger partial charge in [-0.3, -0.25) is 10.1 Å². The van der Waals surface area contributed by atoms with E-state index >= 15 is 0 Å². The Labute approximate surface area is 161 Å². The number of hydrogen-bond acceptors (Lipinski definition) is 7. The van der Waals surface area contributed by atoms with Crippen molar-refractivity contribution in [2.75, 3.05) is 33.3 Å². The highest BCUT2D eigenvalue weighted by molar-refractivity contribution is 6.01. The molecule has 0 spiro atoms. The summed E-state index contributed by atoms with van der Waals surface area (Å²) >= 11 is 0. The molecule has 2 rings (SSSR count). The highest BCUT2D eigenvalue weighted by Crippen LogP contribution is 2.28. The fourth-order valence-electron chi connectivity index (χ4n) is 2.17. The Kier molecular flexibility index (Phi) is 7.21. The Morgan fingerprint density at radius 3 is 2.21 bits per heavy atom. The number of esters is 1. The molecule has 0 aliphatic rings. The molecule has 2 aromatic carbocycles. The molecule has 0 bridgehead atoms. The lowest BCUT2D eigenvalue weighted by molar-refractivity contribution is -0.121. The largest absolute Gasteiger partial charge is 0.497 e. The Morgan fingerprint density at radius 2 is 1.61 bits per heavy atom. The number of nitrogens with one attached hydrogen (secondary N) is 2. The molecule has 0 aromatic heterocycles. The minimum Gasteiger partial charge on any atom is -0.497 e. The topological polar surface area (TPSA) is 112 Å². The third kappa shape index (κ3) is 5.63. The number of anilines is 1. The van der Waals surface area contributed by atoms with Crippen LogP contribution in [0.4, 0.5) is 10.5 Å². The van der Waals surface area contributed by atoms with E-state index in [0.717, 1.165) is 0 Å². The Morgan fingerprint density at radius 1 is 0.893 bits per heavy atom. The lowest BCUT2D eigenvalue weighted by Gasteiger charge is -2.12. The van der Waals surface area contributed by atoms with Gasteiger partial charge in [-0.15, -0.1) is 0 Å². The summed E-state index contributed by atoms with van der Waals surface area (Å²) in [5.41, 5.74) is 0.766. The van der Waals surface area contributed by atoms with Crippen molar-refractivity contribution < 1.29 is 33.3 Å². The van der Waals surface area contributed by atoms with Crippen molar-refractivity contribution in [3.63, 3.8) is 0 Å². The molecule has 0 unspecified atom stereocenters. The average Bonchev–Trinajstić information content (AvgIpc) is 2.71. The molecule has 0 fully saturated rings. The summed E-state index contributed by atoms with van der Waals surface area (Å²) in [6, 6.07) is 10.3. The lowest BCUT2D eigenvalue weighted by atomic mass is 10.2. The summed E-state index contributed by atoms with van der Waals surface area (Å²) in [7, 11) is 4.19. The lowest BCUT2D eigenvalue weighted by Crippen LogP contribution is -2.37. The van der Waals surface area contributed by atoms with E-state index in [9.17, 15) is 14.4 Å². The van der Waals surface area contributed by atoms with Gasteiger partial charge in [-0.05, 0) is 42.5 Å². The minimum atomic E-state index is -0.702. The molecule has 3 amide bonds. The monoisotopic (exact) mass is 388 g/mol. The number of ether oxygens (including phenoxy) is 4. The third-order valence-electron chi connectivity index (χ3n) is 3.54. The summed E-state index contributed by atoms with van der Waals surface area (Å²) in [5, 5.41) is 4.66. The standard InChI is InChI=1S/C19H20N2O7/c1-25-14-7-5-13(6-8-14)20-19(24)21-17(22)11-28-15-9-4-12(18(23)27-3)10-16(15)26-2/h4-10H,11H2,1-3H3,(H2,20,21,22,24). The second-order valence-corrected chi connectivity index (χ2v) is 5.38. The van der Waals surface area contributed by atoms with E-state index in [1.165, 1.54) is 39.5 Å². The van der Waals surface area contributed by atoms with Crippen LogP contribution in [0.15, 0.2) is 42.5 Å². The van der Waals surface area contributed by atoms with Gasteiger partial charge in [-0.1, -0.05) is 0 Å². The summed E-state index contributed by atoms with van der Waals surface area (Å²) < 4.78 is 20.1. The molecule has 28 heavy (non-hydrogen) atoms. The van der Waals surface area contributed by atoms with Crippen molar-refractivity contribution in [3.05, 3.63) is 48.0 Å². The Hall–Kier alpha value is -3.75. The number of hydrogen-bond donors (Lipinski definition) is 2. The van der Waals surface area contributed by atoms with Crippen LogP contribution in [0, 0.1) is 0 Å². The van der Waals surface area contributed by atoms with E-state index in [1.54, 1.807) is 24.3 Å². The molecule has 0 saturated heterocycles. The van der Waals surface area contributed by atoms with Gasteiger partial charge in [0.05, 0.1) is 26.9 Å². The smallest absolute Gasteiger partial charge is 0.337 e. The highest BCUT2D eigenvalue weighted by Gasteiger charge is 2.14. The second-order valence-electron chi connectivity index (χ2n) is 5.38. The van der Waals surface area contributed by atoms with E-state index in [2.05, 4.69) is 15.4 Å². The van der Waals surface area contributed by atoms with Gasteiger partial charge in [0.2, 0.25) is 0 Å². The van der Waals surface area contributed by atoms with Gasteiger partial charge in [0, 0.05) is 5.69 Å². The van der Waals surface area contributed by atoms with Crippen LogP contribution >= 0.6 is 0 Å². The van der Waals surface area contributed by atoms with Crippen LogP contribution in [-0.2, 0) is 9.53 Å². The first-order valence-corrected chi connectivity index (χ1v) is 8.11. The highest BCUT2D eigenvalue weighted by atomic mass is 16.5. The van der Waals surface area contributed by atoms with Crippen LogP contribution in [0.1, 0.15) is 10.4 Å². The fraction of sp³-hybridized carbons (Fsp3) is 0.211. The molecule has 2 aromatic rings. The number of rotatable bonds is 7. The molecule has 148 valence electrons. The molecule has 9 nitrogen and oxygen atoms in total. The molecule has 0 atom stereocenters. The molecule has 9 heteroatoms. The maximum atomic E-state index is 11.9. The summed E-state index contributed by atoms with van der Waals surface area (Å²) in [6.45, 7) is -0.427. The zero-order valence-electron chi connectivity index (χ0n) is 15.6. The maximum Gasteiger partial charge on any atom is 0.337 e. The van der Waals surface area contributed by atoms with Gasteiger partial charge in [-0.2, -0.15) is 0 Å². The predicted molar refractivity (Wildman–Crippen MR) is 100.0 cm³/mol. The van der Waals surface area contributed by atoms with Gasteiger partial charge in [0.1, 0.15) is 5.75 Å². The first-order valence-electron chi connectivity index (χ1n) is 8.11. The molecule has 0 heterocycles.